The Kier molecular flexibility index (Phi) is 5.18. The van der Waals surface area contributed by atoms with Gasteiger partial charge in [0, 0.05) is 41.1 Å². The van der Waals surface area contributed by atoms with Crippen molar-refractivity contribution in [3.63, 3.8) is 0 Å². The van der Waals surface area contributed by atoms with Crippen LogP contribution in [0.5, 0.6) is 0 Å². The van der Waals surface area contributed by atoms with Gasteiger partial charge in [-0.15, -0.1) is 0 Å². The molecule has 152 valence electrons. The van der Waals surface area contributed by atoms with E-state index < -0.39 is 5.92 Å². The van der Waals surface area contributed by atoms with Crippen molar-refractivity contribution in [3.05, 3.63) is 82.9 Å². The summed E-state index contributed by atoms with van der Waals surface area (Å²) < 4.78 is 13.3. The van der Waals surface area contributed by atoms with Gasteiger partial charge in [-0.2, -0.15) is 5.10 Å². The van der Waals surface area contributed by atoms with E-state index in [-0.39, 0.29) is 24.1 Å². The van der Waals surface area contributed by atoms with Crippen molar-refractivity contribution < 1.29 is 14.0 Å². The number of aromatic nitrogens is 2. The third-order valence-corrected chi connectivity index (χ3v) is 5.18. The molecule has 2 aromatic carbocycles. The van der Waals surface area contributed by atoms with Gasteiger partial charge in [0.25, 0.3) is 5.91 Å². The van der Waals surface area contributed by atoms with Crippen molar-refractivity contribution in [1.82, 2.24) is 15.5 Å². The van der Waals surface area contributed by atoms with E-state index in [1.165, 1.54) is 18.3 Å². The maximum Gasteiger partial charge on any atom is 0.253 e. The Labute approximate surface area is 173 Å². The number of benzene rings is 2. The Hall–Kier alpha value is -3.74. The van der Waals surface area contributed by atoms with Crippen LogP contribution in [0.1, 0.15) is 29.2 Å². The summed E-state index contributed by atoms with van der Waals surface area (Å²) in [6, 6.07) is 13.5. The highest BCUT2D eigenvalue weighted by Gasteiger charge is 2.29. The fraction of sp³-hybridized carbons (Fsp3) is 0.174. The van der Waals surface area contributed by atoms with E-state index in [4.69, 9.17) is 0 Å². The summed E-state index contributed by atoms with van der Waals surface area (Å²) in [6.45, 7) is 3.83. The molecule has 3 aromatic rings. The minimum absolute atomic E-state index is 0.121. The van der Waals surface area contributed by atoms with Crippen LogP contribution in [0.15, 0.2) is 60.3 Å². The molecule has 1 atom stereocenters. The van der Waals surface area contributed by atoms with Crippen LogP contribution in [-0.4, -0.2) is 22.0 Å². The zero-order valence-electron chi connectivity index (χ0n) is 16.6. The second kappa shape index (κ2) is 7.94. The van der Waals surface area contributed by atoms with E-state index in [9.17, 15) is 14.0 Å². The summed E-state index contributed by atoms with van der Waals surface area (Å²) in [5.41, 5.74) is 5.30. The van der Waals surface area contributed by atoms with Crippen LogP contribution in [0.2, 0.25) is 0 Å². The number of rotatable bonds is 4. The molecule has 0 aliphatic carbocycles. The largest absolute Gasteiger partial charge is 0.332 e. The van der Waals surface area contributed by atoms with E-state index in [0.29, 0.717) is 16.8 Å². The van der Waals surface area contributed by atoms with Gasteiger partial charge >= 0.3 is 0 Å². The summed E-state index contributed by atoms with van der Waals surface area (Å²) >= 11 is 0. The van der Waals surface area contributed by atoms with Crippen LogP contribution in [0.4, 0.5) is 10.1 Å². The number of hydrogen-bond donors (Lipinski definition) is 3. The first-order chi connectivity index (χ1) is 14.4. The first-order valence-corrected chi connectivity index (χ1v) is 9.60. The van der Waals surface area contributed by atoms with Gasteiger partial charge in [0.05, 0.1) is 5.69 Å². The zero-order valence-corrected chi connectivity index (χ0v) is 16.6. The molecule has 1 aliphatic heterocycles. The number of hydrogen-bond acceptors (Lipinski definition) is 3. The second-order valence-corrected chi connectivity index (χ2v) is 7.40. The van der Waals surface area contributed by atoms with Gasteiger partial charge in [-0.3, -0.25) is 14.7 Å². The van der Waals surface area contributed by atoms with Crippen LogP contribution < -0.4 is 10.6 Å². The number of carbonyl (C=O) groups excluding carboxylic acids is 2. The van der Waals surface area contributed by atoms with Crippen LogP contribution in [0.25, 0.3) is 11.3 Å². The molecule has 6 nitrogen and oxygen atoms in total. The van der Waals surface area contributed by atoms with Gasteiger partial charge in [0.1, 0.15) is 5.82 Å². The lowest BCUT2D eigenvalue weighted by Crippen LogP contribution is -2.32. The summed E-state index contributed by atoms with van der Waals surface area (Å²) in [5, 5.41) is 12.7. The standard InChI is InChI=1S/C23H21FN4O2/c1-13-3-4-16(21-9-14(2)27-28-21)10-20(13)26-23(30)19-12-25-22(29)11-18(19)15-5-7-17(24)8-6-15/h3-10,12,18H,11H2,1-2H3,(H,25,29)(H,26,30)(H,27,28). The second-order valence-electron chi connectivity index (χ2n) is 7.40. The Morgan fingerprint density at radius 2 is 1.90 bits per heavy atom. The molecule has 30 heavy (non-hydrogen) atoms. The Morgan fingerprint density at radius 3 is 2.60 bits per heavy atom. The molecule has 0 radical (unpaired) electrons. The Balaban J connectivity index is 1.62. The number of amides is 2. The number of nitrogens with one attached hydrogen (secondary N) is 3. The Morgan fingerprint density at radius 1 is 1.13 bits per heavy atom. The molecule has 0 spiro atoms. The number of aromatic amines is 1. The lowest BCUT2D eigenvalue weighted by Gasteiger charge is -2.24. The van der Waals surface area contributed by atoms with Crippen LogP contribution >= 0.6 is 0 Å². The fourth-order valence-corrected chi connectivity index (χ4v) is 3.51. The minimum Gasteiger partial charge on any atom is -0.332 e. The number of nitrogens with zero attached hydrogens (tertiary/aromatic N) is 1. The van der Waals surface area contributed by atoms with Crippen LogP contribution in [-0.2, 0) is 9.59 Å². The smallest absolute Gasteiger partial charge is 0.253 e. The zero-order chi connectivity index (χ0) is 21.3. The quantitative estimate of drug-likeness (QED) is 0.615. The maximum atomic E-state index is 13.3. The molecule has 2 amide bonds. The van der Waals surface area contributed by atoms with Gasteiger partial charge in [-0.25, -0.2) is 4.39 Å². The molecule has 2 heterocycles. The number of anilines is 1. The predicted molar refractivity (Wildman–Crippen MR) is 112 cm³/mol. The van der Waals surface area contributed by atoms with Gasteiger partial charge in [0.15, 0.2) is 0 Å². The highest BCUT2D eigenvalue weighted by molar-refractivity contribution is 6.07. The fourth-order valence-electron chi connectivity index (χ4n) is 3.51. The molecule has 7 heteroatoms. The molecule has 3 N–H and O–H groups in total. The SMILES string of the molecule is Cc1cc(-c2ccc(C)c(NC(=O)C3=CNC(=O)CC3c3ccc(F)cc3)c2)n[nH]1. The average Bonchev–Trinajstić information content (AvgIpc) is 3.16. The lowest BCUT2D eigenvalue weighted by molar-refractivity contribution is -0.121. The van der Waals surface area contributed by atoms with Crippen LogP contribution in [0.3, 0.4) is 0 Å². The highest BCUT2D eigenvalue weighted by atomic mass is 19.1. The molecular formula is C23H21FN4O2. The Bertz CT molecular complexity index is 1150. The molecule has 0 fully saturated rings. The molecule has 4 rings (SSSR count). The van der Waals surface area contributed by atoms with E-state index in [0.717, 1.165) is 22.5 Å². The number of H-pyrrole nitrogens is 1. The van der Waals surface area contributed by atoms with Crippen molar-refractivity contribution in [2.75, 3.05) is 5.32 Å². The van der Waals surface area contributed by atoms with Crippen molar-refractivity contribution >= 4 is 17.5 Å². The van der Waals surface area contributed by atoms with Crippen molar-refractivity contribution in [1.29, 1.82) is 0 Å². The predicted octanol–water partition coefficient (Wildman–Crippen LogP) is 3.96. The lowest BCUT2D eigenvalue weighted by atomic mass is 9.86. The normalized spacial score (nSPS) is 16.0. The third kappa shape index (κ3) is 4.00. The topological polar surface area (TPSA) is 86.9 Å². The number of halogens is 1. The molecular weight excluding hydrogens is 383 g/mol. The first-order valence-electron chi connectivity index (χ1n) is 9.60. The summed E-state index contributed by atoms with van der Waals surface area (Å²) in [7, 11) is 0. The summed E-state index contributed by atoms with van der Waals surface area (Å²) in [6.07, 6.45) is 1.56. The summed E-state index contributed by atoms with van der Waals surface area (Å²) in [4.78, 5) is 25.0. The van der Waals surface area contributed by atoms with E-state index in [1.807, 2.05) is 38.1 Å². The van der Waals surface area contributed by atoms with Gasteiger partial charge in [0.2, 0.25) is 5.91 Å². The van der Waals surface area contributed by atoms with E-state index in [1.54, 1.807) is 12.1 Å². The average molecular weight is 404 g/mol. The first kappa shape index (κ1) is 19.6. The van der Waals surface area contributed by atoms with Crippen LogP contribution in [0, 0.1) is 19.7 Å². The van der Waals surface area contributed by atoms with Gasteiger partial charge < -0.3 is 10.6 Å². The van der Waals surface area contributed by atoms with Crippen molar-refractivity contribution in [3.8, 4) is 11.3 Å². The maximum absolute atomic E-state index is 13.3. The monoisotopic (exact) mass is 404 g/mol. The van der Waals surface area contributed by atoms with E-state index in [2.05, 4.69) is 20.8 Å². The molecule has 1 unspecified atom stereocenters. The molecule has 0 bridgehead atoms. The van der Waals surface area contributed by atoms with E-state index >= 15 is 0 Å². The summed E-state index contributed by atoms with van der Waals surface area (Å²) in [5.74, 6) is -1.32. The highest BCUT2D eigenvalue weighted by Crippen LogP contribution is 2.32. The van der Waals surface area contributed by atoms with Crippen molar-refractivity contribution in [2.24, 2.45) is 0 Å². The van der Waals surface area contributed by atoms with Crippen molar-refractivity contribution in [2.45, 2.75) is 26.2 Å². The molecule has 0 saturated carbocycles. The molecule has 1 aliphatic rings. The molecule has 1 aromatic heterocycles. The minimum atomic E-state index is -0.447. The molecule has 0 saturated heterocycles. The number of carbonyl (C=O) groups is 2. The van der Waals surface area contributed by atoms with Gasteiger partial charge in [-0.1, -0.05) is 24.3 Å². The third-order valence-electron chi connectivity index (χ3n) is 5.18. The van der Waals surface area contributed by atoms with Gasteiger partial charge in [-0.05, 0) is 49.2 Å². The number of aryl methyl sites for hydroxylation is 2.